The summed E-state index contributed by atoms with van der Waals surface area (Å²) in [6.45, 7) is -1.77. The molecule has 45 heavy (non-hydrogen) atoms. The molecule has 264 valence electrons. The molecule has 4 saturated heterocycles. The summed E-state index contributed by atoms with van der Waals surface area (Å²) < 4.78 is 38.7. The van der Waals surface area contributed by atoms with Crippen molar-refractivity contribution in [1.29, 1.82) is 0 Å². The highest BCUT2D eigenvalue weighted by atomic mass is 16.8. The standard InChI is InChI=1S/C25H44O20/c1-6-11(30)7(2-26)40-23(12(6)31)44-20-16(35)13(32)9(4-28)42-25(20)45-21-17(36)14(33)8(3-27)41-24(21)43-19-15(34)10(5-29)39-22(38)18(19)37/h6-38H,2-5H2,1H3/t6?,7-,8-,9-,10-,11+,12+,13-,14-,15-,16+,17+,18+,19+,20+,21+,22+,23-,24-,25-/m1/s1. The molecule has 0 saturated carbocycles. The second-order valence-electron chi connectivity index (χ2n) is 11.5. The van der Waals surface area contributed by atoms with Crippen LogP contribution in [0.15, 0.2) is 0 Å². The van der Waals surface area contributed by atoms with E-state index in [9.17, 15) is 66.4 Å². The first-order chi connectivity index (χ1) is 21.3. The normalized spacial score (nSPS) is 52.9. The highest BCUT2D eigenvalue weighted by molar-refractivity contribution is 4.97. The quantitative estimate of drug-likeness (QED) is 0.103. The molecule has 0 aliphatic carbocycles. The molecule has 13 N–H and O–H groups in total. The van der Waals surface area contributed by atoms with Crippen molar-refractivity contribution in [3.63, 3.8) is 0 Å². The third kappa shape index (κ3) is 7.45. The van der Waals surface area contributed by atoms with Gasteiger partial charge in [-0.2, -0.15) is 0 Å². The zero-order valence-corrected chi connectivity index (χ0v) is 24.0. The summed E-state index contributed by atoms with van der Waals surface area (Å²) in [6.07, 6.45) is -32.7. The molecule has 4 heterocycles. The van der Waals surface area contributed by atoms with Gasteiger partial charge in [-0.25, -0.2) is 0 Å². The summed E-state index contributed by atoms with van der Waals surface area (Å²) in [5.74, 6) is -0.913. The van der Waals surface area contributed by atoms with Crippen LogP contribution in [-0.2, 0) is 33.2 Å². The maximum absolute atomic E-state index is 11.0. The zero-order valence-electron chi connectivity index (χ0n) is 24.0. The molecule has 1 unspecified atom stereocenters. The van der Waals surface area contributed by atoms with Crippen molar-refractivity contribution in [2.24, 2.45) is 5.92 Å². The van der Waals surface area contributed by atoms with Gasteiger partial charge in [-0.3, -0.25) is 0 Å². The van der Waals surface area contributed by atoms with Gasteiger partial charge in [0.15, 0.2) is 25.2 Å². The van der Waals surface area contributed by atoms with E-state index in [4.69, 9.17) is 33.2 Å². The van der Waals surface area contributed by atoms with E-state index in [0.29, 0.717) is 0 Å². The second kappa shape index (κ2) is 15.6. The molecule has 20 atom stereocenters. The first kappa shape index (κ1) is 37.0. The van der Waals surface area contributed by atoms with Crippen molar-refractivity contribution < 1.29 is 99.5 Å². The van der Waals surface area contributed by atoms with Crippen LogP contribution in [0.25, 0.3) is 0 Å². The Kier molecular flexibility index (Phi) is 12.8. The SMILES string of the molecule is CC1[C@H](O)[C@@H](O[C@@H]2[C@@H](O[C@@H]3[C@@H](O[C@@H]4[C@H](O)[C@@H](O)O[C@H](CO)[C@H]4O)O[C@H](CO)[C@@H](O)[C@@H]3O)O[C@H](CO)[C@@H](O)[C@@H]2O)O[C@H](CO)[C@H]1O. The summed E-state index contributed by atoms with van der Waals surface area (Å²) in [5.41, 5.74) is 0. The van der Waals surface area contributed by atoms with Crippen LogP contribution in [0.4, 0.5) is 0 Å². The maximum Gasteiger partial charge on any atom is 0.187 e. The van der Waals surface area contributed by atoms with Gasteiger partial charge in [0.25, 0.3) is 0 Å². The van der Waals surface area contributed by atoms with Gasteiger partial charge in [-0.15, -0.1) is 0 Å². The second-order valence-corrected chi connectivity index (χ2v) is 11.5. The van der Waals surface area contributed by atoms with Crippen LogP contribution in [0.5, 0.6) is 0 Å². The first-order valence-electron chi connectivity index (χ1n) is 14.4. The average Bonchev–Trinajstić information content (AvgIpc) is 3.03. The number of aliphatic hydroxyl groups excluding tert-OH is 13. The van der Waals surface area contributed by atoms with Gasteiger partial charge < -0.3 is 99.5 Å². The summed E-state index contributed by atoms with van der Waals surface area (Å²) in [7, 11) is 0. The molecule has 4 aliphatic heterocycles. The van der Waals surface area contributed by atoms with Crippen molar-refractivity contribution in [3.8, 4) is 0 Å². The molecular formula is C25H44O20. The van der Waals surface area contributed by atoms with Crippen molar-refractivity contribution in [2.45, 2.75) is 124 Å². The van der Waals surface area contributed by atoms with Crippen LogP contribution in [0, 0.1) is 5.92 Å². The summed E-state index contributed by atoms with van der Waals surface area (Å²) in [4.78, 5) is 0. The highest BCUT2D eigenvalue weighted by Crippen LogP contribution is 2.35. The van der Waals surface area contributed by atoms with Crippen LogP contribution >= 0.6 is 0 Å². The fourth-order valence-corrected chi connectivity index (χ4v) is 5.70. The average molecular weight is 665 g/mol. The fourth-order valence-electron chi connectivity index (χ4n) is 5.70. The summed E-state index contributed by atoms with van der Waals surface area (Å²) in [6, 6.07) is 0. The number of aliphatic hydroxyl groups is 13. The lowest BCUT2D eigenvalue weighted by Crippen LogP contribution is -2.67. The maximum atomic E-state index is 11.0. The molecule has 0 aromatic heterocycles. The van der Waals surface area contributed by atoms with E-state index < -0.39 is 149 Å². The van der Waals surface area contributed by atoms with Crippen LogP contribution in [-0.4, -0.2) is 210 Å². The van der Waals surface area contributed by atoms with E-state index in [1.165, 1.54) is 6.92 Å². The van der Waals surface area contributed by atoms with Crippen molar-refractivity contribution in [2.75, 3.05) is 26.4 Å². The van der Waals surface area contributed by atoms with E-state index in [2.05, 4.69) is 0 Å². The molecule has 20 heteroatoms. The molecule has 0 radical (unpaired) electrons. The Morgan fingerprint density at radius 1 is 0.400 bits per heavy atom. The van der Waals surface area contributed by atoms with Crippen LogP contribution in [0.3, 0.4) is 0 Å². The lowest BCUT2D eigenvalue weighted by Gasteiger charge is -2.49. The molecule has 20 nitrogen and oxygen atoms in total. The predicted molar refractivity (Wildman–Crippen MR) is 137 cm³/mol. The molecule has 4 aliphatic rings. The molecule has 0 aromatic carbocycles. The molecule has 0 spiro atoms. The first-order valence-corrected chi connectivity index (χ1v) is 14.4. The third-order valence-electron chi connectivity index (χ3n) is 8.59. The van der Waals surface area contributed by atoms with Crippen molar-refractivity contribution in [3.05, 3.63) is 0 Å². The lowest BCUT2D eigenvalue weighted by atomic mass is 9.90. The van der Waals surface area contributed by atoms with E-state index in [1.54, 1.807) is 0 Å². The molecule has 0 bridgehead atoms. The van der Waals surface area contributed by atoms with Gasteiger partial charge in [-0.1, -0.05) is 6.92 Å². The molecule has 0 aromatic rings. The Morgan fingerprint density at radius 2 is 0.778 bits per heavy atom. The van der Waals surface area contributed by atoms with Gasteiger partial charge >= 0.3 is 0 Å². The number of ether oxygens (including phenoxy) is 7. The fraction of sp³-hybridized carbons (Fsp3) is 1.00. The third-order valence-corrected chi connectivity index (χ3v) is 8.59. The Labute approximate surface area is 256 Å². The Morgan fingerprint density at radius 3 is 1.24 bits per heavy atom. The Balaban J connectivity index is 1.63. The lowest BCUT2D eigenvalue weighted by molar-refractivity contribution is -0.402. The van der Waals surface area contributed by atoms with Crippen LogP contribution in [0.2, 0.25) is 0 Å². The summed E-state index contributed by atoms with van der Waals surface area (Å²) in [5, 5.41) is 134. The van der Waals surface area contributed by atoms with E-state index >= 15 is 0 Å². The van der Waals surface area contributed by atoms with E-state index in [-0.39, 0.29) is 0 Å². The molecular weight excluding hydrogens is 620 g/mol. The number of rotatable bonds is 10. The topological polar surface area (TPSA) is 328 Å². The van der Waals surface area contributed by atoms with E-state index in [0.717, 1.165) is 0 Å². The molecule has 4 rings (SSSR count). The van der Waals surface area contributed by atoms with Crippen LogP contribution < -0.4 is 0 Å². The highest BCUT2D eigenvalue weighted by Gasteiger charge is 2.55. The van der Waals surface area contributed by atoms with Gasteiger partial charge in [-0.05, 0) is 0 Å². The Bertz CT molecular complexity index is 916. The van der Waals surface area contributed by atoms with Gasteiger partial charge in [0.2, 0.25) is 0 Å². The predicted octanol–water partition coefficient (Wildman–Crippen LogP) is -8.47. The van der Waals surface area contributed by atoms with Crippen molar-refractivity contribution >= 4 is 0 Å². The van der Waals surface area contributed by atoms with Crippen molar-refractivity contribution in [1.82, 2.24) is 0 Å². The molecule has 0 amide bonds. The summed E-state index contributed by atoms with van der Waals surface area (Å²) >= 11 is 0. The monoisotopic (exact) mass is 664 g/mol. The van der Waals surface area contributed by atoms with Crippen LogP contribution in [0.1, 0.15) is 6.92 Å². The Hall–Kier alpha value is -0.800. The minimum absolute atomic E-state index is 0.679. The van der Waals surface area contributed by atoms with Gasteiger partial charge in [0, 0.05) is 5.92 Å². The molecule has 4 fully saturated rings. The number of hydrogen-bond acceptors (Lipinski definition) is 20. The smallest absolute Gasteiger partial charge is 0.187 e. The largest absolute Gasteiger partial charge is 0.394 e. The number of hydrogen-bond donors (Lipinski definition) is 13. The minimum atomic E-state index is -1.99. The minimum Gasteiger partial charge on any atom is -0.394 e. The zero-order chi connectivity index (χ0) is 33.3. The van der Waals surface area contributed by atoms with E-state index in [1.807, 2.05) is 0 Å². The van der Waals surface area contributed by atoms with Gasteiger partial charge in [0.05, 0.1) is 32.5 Å². The van der Waals surface area contributed by atoms with Gasteiger partial charge in [0.1, 0.15) is 85.5 Å².